The Kier molecular flexibility index (Phi) is 6.06. The van der Waals surface area contributed by atoms with Gasteiger partial charge in [0.1, 0.15) is 5.82 Å². The van der Waals surface area contributed by atoms with Gasteiger partial charge in [0, 0.05) is 37.4 Å². The average Bonchev–Trinajstić information content (AvgIpc) is 3.47. The second-order valence-corrected chi connectivity index (χ2v) is 9.88. The molecule has 4 rings (SSSR count). The molecule has 1 atom stereocenters. The maximum absolute atomic E-state index is 13.1. The molecule has 1 saturated carbocycles. The molecule has 0 spiro atoms. The van der Waals surface area contributed by atoms with Crippen LogP contribution in [0.25, 0.3) is 0 Å². The Morgan fingerprint density at radius 3 is 2.53 bits per heavy atom. The number of sulfonamides is 1. The highest BCUT2D eigenvalue weighted by Gasteiger charge is 2.25. The number of halogens is 1. The minimum atomic E-state index is -3.61. The Labute approximate surface area is 176 Å². The lowest BCUT2D eigenvalue weighted by molar-refractivity contribution is 0.0948. The van der Waals surface area contributed by atoms with Gasteiger partial charge in [-0.2, -0.15) is 0 Å². The van der Waals surface area contributed by atoms with Gasteiger partial charge in [-0.25, -0.2) is 17.5 Å². The Morgan fingerprint density at radius 1 is 1.03 bits per heavy atom. The Balaban J connectivity index is 1.31. The lowest BCUT2D eigenvalue weighted by Gasteiger charge is -2.19. The van der Waals surface area contributed by atoms with E-state index in [2.05, 4.69) is 14.9 Å². The summed E-state index contributed by atoms with van der Waals surface area (Å²) in [6, 6.07) is 12.6. The average molecular weight is 432 g/mol. The van der Waals surface area contributed by atoms with Gasteiger partial charge in [-0.05, 0) is 73.6 Å². The molecule has 0 radical (unpaired) electrons. The van der Waals surface area contributed by atoms with Crippen LogP contribution in [-0.4, -0.2) is 40.5 Å². The highest BCUT2D eigenvalue weighted by atomic mass is 32.2. The third kappa shape index (κ3) is 5.17. The van der Waals surface area contributed by atoms with Crippen LogP contribution >= 0.6 is 0 Å². The second-order valence-electron chi connectivity index (χ2n) is 8.11. The minimum absolute atomic E-state index is 0.110. The van der Waals surface area contributed by atoms with Gasteiger partial charge in [0.2, 0.25) is 10.0 Å². The number of amides is 1. The number of anilines is 1. The second kappa shape index (κ2) is 8.73. The van der Waals surface area contributed by atoms with Crippen molar-refractivity contribution in [3.63, 3.8) is 0 Å². The summed E-state index contributed by atoms with van der Waals surface area (Å²) in [6.45, 7) is 2.59. The normalized spacial score (nSPS) is 19.1. The Morgan fingerprint density at radius 2 is 1.80 bits per heavy atom. The number of rotatable bonds is 8. The van der Waals surface area contributed by atoms with E-state index in [9.17, 15) is 17.6 Å². The number of benzene rings is 2. The molecule has 2 fully saturated rings. The first-order chi connectivity index (χ1) is 14.4. The van der Waals surface area contributed by atoms with E-state index in [4.69, 9.17) is 0 Å². The van der Waals surface area contributed by atoms with Crippen molar-refractivity contribution >= 4 is 21.6 Å². The lowest BCUT2D eigenvalue weighted by Crippen LogP contribution is -2.31. The molecule has 0 bridgehead atoms. The molecule has 2 aromatic rings. The predicted molar refractivity (Wildman–Crippen MR) is 113 cm³/mol. The fraction of sp³-hybridized carbons (Fsp3) is 0.409. The number of hydrogen-bond acceptors (Lipinski definition) is 4. The predicted octanol–water partition coefficient (Wildman–Crippen LogP) is 2.77. The van der Waals surface area contributed by atoms with Crippen molar-refractivity contribution in [2.24, 2.45) is 11.8 Å². The zero-order valence-electron chi connectivity index (χ0n) is 16.7. The van der Waals surface area contributed by atoms with Crippen LogP contribution in [0.1, 0.15) is 29.6 Å². The fourth-order valence-electron chi connectivity index (χ4n) is 3.66. The monoisotopic (exact) mass is 431 g/mol. The van der Waals surface area contributed by atoms with Crippen LogP contribution in [0, 0.1) is 17.7 Å². The van der Waals surface area contributed by atoms with E-state index in [1.807, 2.05) is 0 Å². The fourth-order valence-corrected chi connectivity index (χ4v) is 4.82. The minimum Gasteiger partial charge on any atom is -0.371 e. The van der Waals surface area contributed by atoms with E-state index >= 15 is 0 Å². The first kappa shape index (κ1) is 20.8. The summed E-state index contributed by atoms with van der Waals surface area (Å²) in [4.78, 5) is 14.8. The summed E-state index contributed by atoms with van der Waals surface area (Å²) < 4.78 is 40.6. The van der Waals surface area contributed by atoms with Crippen LogP contribution in [0.3, 0.4) is 0 Å². The molecular formula is C22H26FN3O3S. The topological polar surface area (TPSA) is 78.5 Å². The quantitative estimate of drug-likeness (QED) is 0.674. The van der Waals surface area contributed by atoms with Crippen LogP contribution in [0.5, 0.6) is 0 Å². The maximum Gasteiger partial charge on any atom is 0.251 e. The molecule has 160 valence electrons. The molecule has 30 heavy (non-hydrogen) atoms. The molecule has 1 heterocycles. The molecule has 2 aromatic carbocycles. The van der Waals surface area contributed by atoms with Crippen molar-refractivity contribution in [1.82, 2.24) is 10.0 Å². The van der Waals surface area contributed by atoms with Crippen molar-refractivity contribution in [1.29, 1.82) is 0 Å². The van der Waals surface area contributed by atoms with Gasteiger partial charge in [-0.1, -0.05) is 6.07 Å². The van der Waals surface area contributed by atoms with E-state index in [0.717, 1.165) is 38.0 Å². The van der Waals surface area contributed by atoms with E-state index < -0.39 is 10.0 Å². The van der Waals surface area contributed by atoms with E-state index in [-0.39, 0.29) is 22.5 Å². The van der Waals surface area contributed by atoms with Crippen molar-refractivity contribution in [3.8, 4) is 0 Å². The maximum atomic E-state index is 13.1. The smallest absolute Gasteiger partial charge is 0.251 e. The number of carbonyl (C=O) groups is 1. The van der Waals surface area contributed by atoms with Crippen LogP contribution in [-0.2, 0) is 10.0 Å². The summed E-state index contributed by atoms with van der Waals surface area (Å²) >= 11 is 0. The standard InChI is InChI=1S/C22H26FN3O3S/c23-19-6-8-20(9-7-19)26-11-10-17(15-26)13-24-22(27)18-2-1-3-21(12-18)30(28,29)25-14-16-4-5-16/h1-3,6-9,12,16-17,25H,4-5,10-11,13-15H2,(H,24,27). The lowest BCUT2D eigenvalue weighted by atomic mass is 10.1. The summed E-state index contributed by atoms with van der Waals surface area (Å²) in [5.41, 5.74) is 1.31. The van der Waals surface area contributed by atoms with Gasteiger partial charge in [-0.15, -0.1) is 0 Å². The van der Waals surface area contributed by atoms with Gasteiger partial charge in [-0.3, -0.25) is 4.79 Å². The number of nitrogens with zero attached hydrogens (tertiary/aromatic N) is 1. The molecule has 1 saturated heterocycles. The molecule has 1 amide bonds. The van der Waals surface area contributed by atoms with Crippen LogP contribution in [0.15, 0.2) is 53.4 Å². The number of nitrogens with one attached hydrogen (secondary N) is 2. The largest absolute Gasteiger partial charge is 0.371 e. The first-order valence-electron chi connectivity index (χ1n) is 10.3. The molecular weight excluding hydrogens is 405 g/mol. The number of hydrogen-bond donors (Lipinski definition) is 2. The van der Waals surface area contributed by atoms with Crippen molar-refractivity contribution in [2.75, 3.05) is 31.1 Å². The molecule has 0 aromatic heterocycles. The Bertz CT molecular complexity index is 1010. The highest BCUT2D eigenvalue weighted by molar-refractivity contribution is 7.89. The van der Waals surface area contributed by atoms with E-state index in [1.165, 1.54) is 24.3 Å². The summed E-state index contributed by atoms with van der Waals surface area (Å²) in [6.07, 6.45) is 3.05. The van der Waals surface area contributed by atoms with Crippen molar-refractivity contribution in [2.45, 2.75) is 24.2 Å². The summed E-state index contributed by atoms with van der Waals surface area (Å²) in [7, 11) is -3.61. The van der Waals surface area contributed by atoms with E-state index in [0.29, 0.717) is 24.6 Å². The zero-order chi connectivity index (χ0) is 21.1. The van der Waals surface area contributed by atoms with Gasteiger partial charge in [0.25, 0.3) is 5.91 Å². The van der Waals surface area contributed by atoms with Gasteiger partial charge >= 0.3 is 0 Å². The molecule has 1 aliphatic carbocycles. The first-order valence-corrected chi connectivity index (χ1v) is 11.8. The number of carbonyl (C=O) groups excluding carboxylic acids is 1. The van der Waals surface area contributed by atoms with Crippen molar-refractivity contribution < 1.29 is 17.6 Å². The molecule has 1 aliphatic heterocycles. The van der Waals surface area contributed by atoms with Crippen molar-refractivity contribution in [3.05, 3.63) is 59.9 Å². The summed E-state index contributed by atoms with van der Waals surface area (Å²) in [5, 5.41) is 2.92. The molecule has 6 nitrogen and oxygen atoms in total. The third-order valence-electron chi connectivity index (χ3n) is 5.69. The zero-order valence-corrected chi connectivity index (χ0v) is 17.5. The molecule has 2 aliphatic rings. The molecule has 8 heteroatoms. The van der Waals surface area contributed by atoms with E-state index in [1.54, 1.807) is 24.3 Å². The van der Waals surface area contributed by atoms with Gasteiger partial charge < -0.3 is 10.2 Å². The third-order valence-corrected chi connectivity index (χ3v) is 7.12. The SMILES string of the molecule is O=C(NCC1CCN(c2ccc(F)cc2)C1)c1cccc(S(=O)(=O)NCC2CC2)c1. The van der Waals surface area contributed by atoms with Gasteiger partial charge in [0.15, 0.2) is 0 Å². The Hall–Kier alpha value is -2.45. The van der Waals surface area contributed by atoms with Crippen LogP contribution < -0.4 is 14.9 Å². The van der Waals surface area contributed by atoms with Gasteiger partial charge in [0.05, 0.1) is 4.90 Å². The summed E-state index contributed by atoms with van der Waals surface area (Å²) in [5.74, 6) is 0.182. The van der Waals surface area contributed by atoms with Crippen LogP contribution in [0.2, 0.25) is 0 Å². The highest BCUT2D eigenvalue weighted by Crippen LogP contribution is 2.28. The molecule has 1 unspecified atom stereocenters. The van der Waals surface area contributed by atoms with Crippen LogP contribution in [0.4, 0.5) is 10.1 Å². The molecule has 2 N–H and O–H groups in total.